The molecule has 3 nitrogen and oxygen atoms in total. The fourth-order valence-corrected chi connectivity index (χ4v) is 1.34. The van der Waals surface area contributed by atoms with Gasteiger partial charge >= 0.3 is 0 Å². The summed E-state index contributed by atoms with van der Waals surface area (Å²) in [7, 11) is 0. The summed E-state index contributed by atoms with van der Waals surface area (Å²) in [5.41, 5.74) is 10.7. The molecule has 0 saturated carbocycles. The number of halogens is 1. The van der Waals surface area contributed by atoms with Crippen molar-refractivity contribution >= 4 is 5.69 Å². The van der Waals surface area contributed by atoms with Crippen LogP contribution in [0.1, 0.15) is 5.56 Å². The molecule has 0 aliphatic carbocycles. The standard InChI is InChI=1S/C11H12FN3/c1-8-6-10(2-3-11(8)12)15-5-4-9(13)7-14-15/h2-7,14H,13H2,1H3. The quantitative estimate of drug-likeness (QED) is 0.734. The molecule has 1 heterocycles. The van der Waals surface area contributed by atoms with Crippen molar-refractivity contribution in [2.45, 2.75) is 6.92 Å². The van der Waals surface area contributed by atoms with Crippen molar-refractivity contribution in [1.29, 1.82) is 0 Å². The van der Waals surface area contributed by atoms with Gasteiger partial charge in [0, 0.05) is 12.4 Å². The van der Waals surface area contributed by atoms with Crippen LogP contribution >= 0.6 is 0 Å². The molecule has 3 N–H and O–H groups in total. The predicted molar refractivity (Wildman–Crippen MR) is 58.2 cm³/mol. The van der Waals surface area contributed by atoms with Crippen molar-refractivity contribution in [3.8, 4) is 0 Å². The van der Waals surface area contributed by atoms with Crippen LogP contribution in [0.25, 0.3) is 0 Å². The summed E-state index contributed by atoms with van der Waals surface area (Å²) in [6.07, 6.45) is 5.25. The number of allylic oxidation sites excluding steroid dienone is 1. The highest BCUT2D eigenvalue weighted by molar-refractivity contribution is 5.52. The zero-order chi connectivity index (χ0) is 10.8. The van der Waals surface area contributed by atoms with Crippen molar-refractivity contribution in [2.24, 2.45) is 5.73 Å². The summed E-state index contributed by atoms with van der Waals surface area (Å²) in [5.74, 6) is -0.199. The molecule has 0 aromatic heterocycles. The van der Waals surface area contributed by atoms with Crippen LogP contribution in [0.4, 0.5) is 10.1 Å². The first kappa shape index (κ1) is 9.58. The lowest BCUT2D eigenvalue weighted by Crippen LogP contribution is -2.32. The highest BCUT2D eigenvalue weighted by Crippen LogP contribution is 2.18. The highest BCUT2D eigenvalue weighted by atomic mass is 19.1. The van der Waals surface area contributed by atoms with Gasteiger partial charge in [-0.2, -0.15) is 0 Å². The maximum atomic E-state index is 13.0. The van der Waals surface area contributed by atoms with Gasteiger partial charge in [-0.3, -0.25) is 10.4 Å². The van der Waals surface area contributed by atoms with E-state index in [0.29, 0.717) is 11.3 Å². The minimum atomic E-state index is -0.199. The summed E-state index contributed by atoms with van der Waals surface area (Å²) in [6, 6.07) is 4.92. The molecule has 0 spiro atoms. The lowest BCUT2D eigenvalue weighted by molar-refractivity contribution is 0.618. The molecule has 1 aromatic rings. The van der Waals surface area contributed by atoms with Crippen LogP contribution in [0.2, 0.25) is 0 Å². The number of aryl methyl sites for hydroxylation is 1. The van der Waals surface area contributed by atoms with E-state index in [1.807, 2.05) is 0 Å². The first-order valence-electron chi connectivity index (χ1n) is 4.62. The van der Waals surface area contributed by atoms with E-state index in [2.05, 4.69) is 5.43 Å². The average molecular weight is 205 g/mol. The Kier molecular flexibility index (Phi) is 2.33. The summed E-state index contributed by atoms with van der Waals surface area (Å²) < 4.78 is 13.0. The molecule has 1 aliphatic heterocycles. The van der Waals surface area contributed by atoms with Gasteiger partial charge < -0.3 is 5.73 Å². The molecule has 1 aliphatic rings. The van der Waals surface area contributed by atoms with Crippen LogP contribution in [0.15, 0.2) is 42.4 Å². The molecule has 0 saturated heterocycles. The Labute approximate surface area is 87.7 Å². The molecule has 0 unspecified atom stereocenters. The van der Waals surface area contributed by atoms with Crippen LogP contribution in [-0.4, -0.2) is 0 Å². The minimum absolute atomic E-state index is 0.199. The first-order valence-corrected chi connectivity index (χ1v) is 4.62. The van der Waals surface area contributed by atoms with E-state index in [1.54, 1.807) is 42.5 Å². The third kappa shape index (κ3) is 1.93. The van der Waals surface area contributed by atoms with Gasteiger partial charge in [0.05, 0.1) is 11.4 Å². The molecule has 0 atom stereocenters. The van der Waals surface area contributed by atoms with Crippen molar-refractivity contribution in [2.75, 3.05) is 5.01 Å². The average Bonchev–Trinajstić information content (AvgIpc) is 2.23. The van der Waals surface area contributed by atoms with Crippen LogP contribution < -0.4 is 16.2 Å². The van der Waals surface area contributed by atoms with Gasteiger partial charge in [0.15, 0.2) is 0 Å². The normalized spacial score (nSPS) is 14.8. The van der Waals surface area contributed by atoms with Gasteiger partial charge in [0.1, 0.15) is 5.82 Å². The third-order valence-electron chi connectivity index (χ3n) is 2.21. The highest BCUT2D eigenvalue weighted by Gasteiger charge is 2.06. The minimum Gasteiger partial charge on any atom is -0.397 e. The van der Waals surface area contributed by atoms with Crippen LogP contribution in [0.5, 0.6) is 0 Å². The molecule has 78 valence electrons. The number of hydrogen-bond donors (Lipinski definition) is 2. The SMILES string of the molecule is Cc1cc(N2C=CC(N)=CN2)ccc1F. The van der Waals surface area contributed by atoms with Gasteiger partial charge in [-0.25, -0.2) is 4.39 Å². The van der Waals surface area contributed by atoms with Crippen LogP contribution in [0, 0.1) is 12.7 Å². The smallest absolute Gasteiger partial charge is 0.126 e. The number of hydrogen-bond acceptors (Lipinski definition) is 3. The lowest BCUT2D eigenvalue weighted by Gasteiger charge is -2.23. The number of rotatable bonds is 1. The molecule has 4 heteroatoms. The lowest BCUT2D eigenvalue weighted by atomic mass is 10.2. The van der Waals surface area contributed by atoms with Gasteiger partial charge in [0.25, 0.3) is 0 Å². The second-order valence-corrected chi connectivity index (χ2v) is 3.39. The molecular formula is C11H12FN3. The van der Waals surface area contributed by atoms with E-state index in [1.165, 1.54) is 6.07 Å². The van der Waals surface area contributed by atoms with Gasteiger partial charge in [-0.1, -0.05) is 0 Å². The molecule has 0 radical (unpaired) electrons. The Morgan fingerprint density at radius 3 is 2.80 bits per heavy atom. The summed E-state index contributed by atoms with van der Waals surface area (Å²) in [6.45, 7) is 1.73. The molecule has 0 bridgehead atoms. The largest absolute Gasteiger partial charge is 0.397 e. The molecule has 15 heavy (non-hydrogen) atoms. The Hall–Kier alpha value is -1.97. The maximum absolute atomic E-state index is 13.0. The van der Waals surface area contributed by atoms with Gasteiger partial charge in [-0.15, -0.1) is 0 Å². The molecular weight excluding hydrogens is 193 g/mol. The zero-order valence-electron chi connectivity index (χ0n) is 8.37. The van der Waals surface area contributed by atoms with E-state index in [4.69, 9.17) is 5.73 Å². The van der Waals surface area contributed by atoms with Crippen molar-refractivity contribution in [3.05, 3.63) is 53.8 Å². The van der Waals surface area contributed by atoms with E-state index in [9.17, 15) is 4.39 Å². The summed E-state index contributed by atoms with van der Waals surface area (Å²) in [5, 5.41) is 1.77. The Bertz CT molecular complexity index is 437. The van der Waals surface area contributed by atoms with Crippen molar-refractivity contribution in [3.63, 3.8) is 0 Å². The first-order chi connectivity index (χ1) is 7.16. The fraction of sp³-hybridized carbons (Fsp3) is 0.0909. The van der Waals surface area contributed by atoms with E-state index >= 15 is 0 Å². The van der Waals surface area contributed by atoms with Crippen molar-refractivity contribution in [1.82, 2.24) is 5.43 Å². The monoisotopic (exact) mass is 205 g/mol. The van der Waals surface area contributed by atoms with E-state index in [0.717, 1.165) is 5.69 Å². The Morgan fingerprint density at radius 2 is 2.20 bits per heavy atom. The molecule has 0 amide bonds. The Morgan fingerprint density at radius 1 is 1.40 bits per heavy atom. The van der Waals surface area contributed by atoms with Crippen LogP contribution in [-0.2, 0) is 0 Å². The Balaban J connectivity index is 2.25. The van der Waals surface area contributed by atoms with E-state index < -0.39 is 0 Å². The number of nitrogens with two attached hydrogens (primary N) is 1. The molecule has 2 rings (SSSR count). The number of nitrogens with zero attached hydrogens (tertiary/aromatic N) is 1. The van der Waals surface area contributed by atoms with Crippen LogP contribution in [0.3, 0.4) is 0 Å². The number of anilines is 1. The van der Waals surface area contributed by atoms with E-state index in [-0.39, 0.29) is 5.82 Å². The number of hydrazine groups is 1. The second kappa shape index (κ2) is 3.65. The summed E-state index contributed by atoms with van der Waals surface area (Å²) in [4.78, 5) is 0. The number of nitrogens with one attached hydrogen (secondary N) is 1. The van der Waals surface area contributed by atoms with Gasteiger partial charge in [-0.05, 0) is 36.8 Å². The number of benzene rings is 1. The predicted octanol–water partition coefficient (Wildman–Crippen LogP) is 1.77. The zero-order valence-corrected chi connectivity index (χ0v) is 8.37. The molecule has 1 aromatic carbocycles. The topological polar surface area (TPSA) is 41.3 Å². The fourth-order valence-electron chi connectivity index (χ4n) is 1.34. The maximum Gasteiger partial charge on any atom is 0.126 e. The van der Waals surface area contributed by atoms with Crippen molar-refractivity contribution < 1.29 is 4.39 Å². The summed E-state index contributed by atoms with van der Waals surface area (Å²) >= 11 is 0. The third-order valence-corrected chi connectivity index (χ3v) is 2.21. The molecule has 0 fully saturated rings. The second-order valence-electron chi connectivity index (χ2n) is 3.39. The van der Waals surface area contributed by atoms with Gasteiger partial charge in [0.2, 0.25) is 0 Å².